The van der Waals surface area contributed by atoms with Crippen molar-refractivity contribution in [2.75, 3.05) is 4.72 Å². The Labute approximate surface area is 128 Å². The number of rotatable bonds is 5. The van der Waals surface area contributed by atoms with Crippen LogP contribution in [-0.4, -0.2) is 23.1 Å². The van der Waals surface area contributed by atoms with Crippen molar-refractivity contribution in [1.82, 2.24) is 9.78 Å². The summed E-state index contributed by atoms with van der Waals surface area (Å²) in [6, 6.07) is 5.17. The number of anilines is 1. The minimum absolute atomic E-state index is 0.00499. The molecule has 118 valence electrons. The zero-order valence-electron chi connectivity index (χ0n) is 12.3. The molecule has 1 aromatic carbocycles. The predicted molar refractivity (Wildman–Crippen MR) is 81.3 cm³/mol. The number of aromatic nitrogens is 2. The maximum atomic E-state index is 12.5. The number of nitrogens with zero attached hydrogens (tertiary/aromatic N) is 3. The standard InChI is InChI=1S/C13H16N4O4S/c1-9(2)16-13(6-7-14-16)15-22(20,21)12-5-4-11(17(18)19)8-10(12)3/h4-9,15H,1-3H3. The molecular weight excluding hydrogens is 308 g/mol. The molecule has 0 aliphatic carbocycles. The molecule has 1 heterocycles. The Morgan fingerprint density at radius 1 is 1.32 bits per heavy atom. The molecule has 9 heteroatoms. The largest absolute Gasteiger partial charge is 0.269 e. The van der Waals surface area contributed by atoms with Crippen LogP contribution in [0.3, 0.4) is 0 Å². The van der Waals surface area contributed by atoms with Crippen molar-refractivity contribution in [3.63, 3.8) is 0 Å². The highest BCUT2D eigenvalue weighted by molar-refractivity contribution is 7.92. The monoisotopic (exact) mass is 324 g/mol. The van der Waals surface area contributed by atoms with Crippen LogP contribution in [0, 0.1) is 17.0 Å². The molecule has 0 unspecified atom stereocenters. The number of aryl methyl sites for hydroxylation is 1. The first-order valence-electron chi connectivity index (χ1n) is 6.54. The lowest BCUT2D eigenvalue weighted by Gasteiger charge is -2.14. The van der Waals surface area contributed by atoms with Gasteiger partial charge in [-0.25, -0.2) is 13.1 Å². The lowest BCUT2D eigenvalue weighted by atomic mass is 10.2. The molecule has 0 saturated carbocycles. The molecule has 0 bridgehead atoms. The lowest BCUT2D eigenvalue weighted by Crippen LogP contribution is -2.18. The van der Waals surface area contributed by atoms with E-state index in [0.717, 1.165) is 0 Å². The lowest BCUT2D eigenvalue weighted by molar-refractivity contribution is -0.385. The first kappa shape index (κ1) is 16.0. The van der Waals surface area contributed by atoms with Gasteiger partial charge in [-0.3, -0.25) is 14.8 Å². The van der Waals surface area contributed by atoms with Crippen molar-refractivity contribution in [2.24, 2.45) is 0 Å². The number of nitro groups is 1. The summed E-state index contributed by atoms with van der Waals surface area (Å²) in [5, 5.41) is 14.8. The first-order valence-corrected chi connectivity index (χ1v) is 8.02. The van der Waals surface area contributed by atoms with Crippen molar-refractivity contribution in [3.8, 4) is 0 Å². The molecule has 22 heavy (non-hydrogen) atoms. The van der Waals surface area contributed by atoms with Crippen LogP contribution in [0.25, 0.3) is 0 Å². The van der Waals surface area contributed by atoms with Crippen molar-refractivity contribution >= 4 is 21.5 Å². The third-order valence-electron chi connectivity index (χ3n) is 3.06. The molecule has 0 saturated heterocycles. The molecule has 1 aromatic heterocycles. The molecule has 1 N–H and O–H groups in total. The zero-order chi connectivity index (χ0) is 16.5. The van der Waals surface area contributed by atoms with E-state index in [0.29, 0.717) is 11.4 Å². The molecule has 0 spiro atoms. The van der Waals surface area contributed by atoms with Gasteiger partial charge in [-0.1, -0.05) is 0 Å². The fourth-order valence-electron chi connectivity index (χ4n) is 2.05. The van der Waals surface area contributed by atoms with Crippen LogP contribution in [0.1, 0.15) is 25.5 Å². The van der Waals surface area contributed by atoms with E-state index in [1.54, 1.807) is 6.07 Å². The molecular formula is C13H16N4O4S. The second-order valence-corrected chi connectivity index (χ2v) is 6.72. The predicted octanol–water partition coefficient (Wildman–Crippen LogP) is 2.48. The first-order chi connectivity index (χ1) is 10.2. The van der Waals surface area contributed by atoms with Gasteiger partial charge in [0.2, 0.25) is 0 Å². The summed E-state index contributed by atoms with van der Waals surface area (Å²) in [5.74, 6) is 0.341. The van der Waals surface area contributed by atoms with Gasteiger partial charge < -0.3 is 0 Å². The van der Waals surface area contributed by atoms with E-state index in [9.17, 15) is 18.5 Å². The Balaban J connectivity index is 2.39. The molecule has 0 amide bonds. The van der Waals surface area contributed by atoms with Crippen molar-refractivity contribution in [2.45, 2.75) is 31.7 Å². The smallest absolute Gasteiger partial charge is 0.264 e. The van der Waals surface area contributed by atoms with E-state index in [2.05, 4.69) is 9.82 Å². The average Bonchev–Trinajstić information content (AvgIpc) is 2.85. The van der Waals surface area contributed by atoms with Gasteiger partial charge >= 0.3 is 0 Å². The van der Waals surface area contributed by atoms with Crippen molar-refractivity contribution in [3.05, 3.63) is 46.1 Å². The average molecular weight is 324 g/mol. The third-order valence-corrected chi connectivity index (χ3v) is 4.57. The van der Waals surface area contributed by atoms with E-state index < -0.39 is 14.9 Å². The maximum absolute atomic E-state index is 12.5. The molecule has 0 radical (unpaired) electrons. The molecule has 2 aromatic rings. The molecule has 8 nitrogen and oxygen atoms in total. The van der Waals surface area contributed by atoms with E-state index in [1.165, 1.54) is 36.0 Å². The van der Waals surface area contributed by atoms with Gasteiger partial charge in [-0.15, -0.1) is 0 Å². The van der Waals surface area contributed by atoms with E-state index >= 15 is 0 Å². The van der Waals surface area contributed by atoms with Crippen molar-refractivity contribution < 1.29 is 13.3 Å². The number of sulfonamides is 1. The number of hydrogen-bond acceptors (Lipinski definition) is 5. The molecule has 2 rings (SSSR count). The van der Waals surface area contributed by atoms with Crippen LogP contribution in [0.4, 0.5) is 11.5 Å². The number of nitro benzene ring substituents is 1. The normalized spacial score (nSPS) is 11.6. The second-order valence-electron chi connectivity index (χ2n) is 5.07. The van der Waals surface area contributed by atoms with Crippen LogP contribution in [0.15, 0.2) is 35.4 Å². The summed E-state index contributed by atoms with van der Waals surface area (Å²) in [4.78, 5) is 10.1. The Bertz CT molecular complexity index is 811. The van der Waals surface area contributed by atoms with Gasteiger partial charge in [-0.2, -0.15) is 5.10 Å². The number of hydrogen-bond donors (Lipinski definition) is 1. The fraction of sp³-hybridized carbons (Fsp3) is 0.308. The van der Waals surface area contributed by atoms with Gasteiger partial charge in [0.05, 0.1) is 16.0 Å². The number of non-ortho nitro benzene ring substituents is 1. The molecule has 0 aliphatic heterocycles. The van der Waals surface area contributed by atoms with E-state index in [1.807, 2.05) is 13.8 Å². The highest BCUT2D eigenvalue weighted by Crippen LogP contribution is 2.24. The summed E-state index contributed by atoms with van der Waals surface area (Å²) in [5.41, 5.74) is 0.154. The maximum Gasteiger partial charge on any atom is 0.269 e. The van der Waals surface area contributed by atoms with E-state index in [4.69, 9.17) is 0 Å². The highest BCUT2D eigenvalue weighted by Gasteiger charge is 2.21. The zero-order valence-corrected chi connectivity index (χ0v) is 13.2. The van der Waals surface area contributed by atoms with Crippen molar-refractivity contribution in [1.29, 1.82) is 0 Å². The summed E-state index contributed by atoms with van der Waals surface area (Å²) in [7, 11) is -3.85. The molecule has 0 atom stereocenters. The van der Waals surface area contributed by atoms with Crippen LogP contribution in [0.5, 0.6) is 0 Å². The minimum Gasteiger partial charge on any atom is -0.264 e. The quantitative estimate of drug-likeness (QED) is 0.671. The topological polar surface area (TPSA) is 107 Å². The summed E-state index contributed by atoms with van der Waals surface area (Å²) in [6.07, 6.45) is 1.50. The summed E-state index contributed by atoms with van der Waals surface area (Å²) >= 11 is 0. The number of nitrogens with one attached hydrogen (secondary N) is 1. The Kier molecular flexibility index (Phi) is 4.18. The molecule has 0 fully saturated rings. The van der Waals surface area contributed by atoms with E-state index in [-0.39, 0.29) is 16.6 Å². The van der Waals surface area contributed by atoms with Crippen LogP contribution >= 0.6 is 0 Å². The SMILES string of the molecule is Cc1cc([N+](=O)[O-])ccc1S(=O)(=O)Nc1ccnn1C(C)C. The van der Waals surface area contributed by atoms with Gasteiger partial charge in [-0.05, 0) is 32.4 Å². The third kappa shape index (κ3) is 3.08. The summed E-state index contributed by atoms with van der Waals surface area (Å²) in [6.45, 7) is 5.27. The van der Waals surface area contributed by atoms with Gasteiger partial charge in [0.15, 0.2) is 0 Å². The van der Waals surface area contributed by atoms with Gasteiger partial charge in [0.1, 0.15) is 5.82 Å². The molecule has 0 aliphatic rings. The Hall–Kier alpha value is -2.42. The van der Waals surface area contributed by atoms with Crippen LogP contribution in [-0.2, 0) is 10.0 Å². The fourth-order valence-corrected chi connectivity index (χ4v) is 3.32. The van der Waals surface area contributed by atoms with Gasteiger partial charge in [0, 0.05) is 24.2 Å². The Morgan fingerprint density at radius 3 is 2.55 bits per heavy atom. The van der Waals surface area contributed by atoms with Gasteiger partial charge in [0.25, 0.3) is 15.7 Å². The second kappa shape index (κ2) is 5.76. The van der Waals surface area contributed by atoms with Crippen LogP contribution in [0.2, 0.25) is 0 Å². The van der Waals surface area contributed by atoms with Crippen LogP contribution < -0.4 is 4.72 Å². The summed E-state index contributed by atoms with van der Waals surface area (Å²) < 4.78 is 28.9. The minimum atomic E-state index is -3.85. The Morgan fingerprint density at radius 2 is 2.00 bits per heavy atom. The number of benzene rings is 1. The highest BCUT2D eigenvalue weighted by atomic mass is 32.2.